The molecule has 0 bridgehead atoms. The molecule has 31 nitrogen and oxygen atoms in total. The molecule has 6 aliphatic rings. The largest absolute Gasteiger partial charge is 2.00 e. The van der Waals surface area contributed by atoms with Crippen LogP contribution < -0.4 is 86.0 Å². The molecule has 5 fully saturated rings. The number of halogens is 1. The standard InChI is InChI=1S/C14H20N2O.C13H13N3O3.C8H14N2O4.C8H13NO5.C7H11NO4.C6H6N2O.C2H6O.CH4.CH3.BrH.K.Mg.H3N.H/c15-8-14(9-17-10-14)7-12-6-5-11-3-1-2-4-13(11)16-12;17-16(18)7-13(8-19-9-13)6-11-4-3-10-2-1-5-14-12(10)15-11;1-9(2)7(11)3-8(4-10(12)13)5-14-6-8;1-2-14-7(10)3-8(4-9(11)12)5-13-6-8;1-6(9)2-7(3-8(10)11)4-12-5-7;7-6-5(4-9)2-1-3-8-6;1-2-3;;;;;;;/h5-6H,1-4,7-10,15H2;1-5H,6-9H2;3-6H2,1-2H3;2-6H2,1H3;2-5H2,1H3;1-4H,(H2,7,8);3H,2H2,1H3;1H4;1H3;1H;;;1H3;/q;;;;;;;;-1;;+1;+2;;-1/p-1. The van der Waals surface area contributed by atoms with Gasteiger partial charge in [-0.3, -0.25) is 59.8 Å². The zero-order valence-corrected chi connectivity index (χ0v) is 60.6. The van der Waals surface area contributed by atoms with Gasteiger partial charge >= 0.3 is 80.4 Å². The summed E-state index contributed by atoms with van der Waals surface area (Å²) in [4.78, 5) is 102. The van der Waals surface area contributed by atoms with Crippen LogP contribution in [0.1, 0.15) is 94.7 Å². The fourth-order valence-corrected chi connectivity index (χ4v) is 9.98. The second kappa shape index (κ2) is 46.3. The molecule has 5 saturated heterocycles. The Morgan fingerprint density at radius 1 is 0.681 bits per heavy atom. The summed E-state index contributed by atoms with van der Waals surface area (Å²) in [5.41, 5.74) is 15.1. The minimum Gasteiger partial charge on any atom is -1.00 e. The van der Waals surface area contributed by atoms with Crippen molar-refractivity contribution in [3.05, 3.63) is 137 Å². The molecule has 0 unspecified atom stereocenters. The van der Waals surface area contributed by atoms with Gasteiger partial charge in [0.1, 0.15) is 11.6 Å². The molecule has 34 heteroatoms. The van der Waals surface area contributed by atoms with E-state index in [0.717, 1.165) is 37.1 Å². The number of ether oxygens (including phenoxy) is 6. The number of hydrogen-bond donors (Lipinski definition) is 4. The van der Waals surface area contributed by atoms with E-state index >= 15 is 0 Å². The number of nitrogen functional groups attached to an aromatic ring is 1. The number of aliphatic hydroxyl groups is 1. The number of anilines is 1. The number of ketones is 1. The van der Waals surface area contributed by atoms with E-state index in [2.05, 4.69) is 27.1 Å². The second-order valence-corrected chi connectivity index (χ2v) is 23.2. The van der Waals surface area contributed by atoms with E-state index in [-0.39, 0.29) is 217 Å². The molecule has 10 rings (SSSR count). The summed E-state index contributed by atoms with van der Waals surface area (Å²) in [6.45, 7) is 9.72. The van der Waals surface area contributed by atoms with E-state index in [1.807, 2.05) is 24.3 Å². The first kappa shape index (κ1) is 93.3. The fraction of sp³-hybridized carbons (Fsp3) is 0.617. The number of hydrogen-bond acceptors (Lipinski definition) is 26. The van der Waals surface area contributed by atoms with Crippen LogP contribution >= 0.6 is 0 Å². The van der Waals surface area contributed by atoms with Crippen molar-refractivity contribution in [3.8, 4) is 0 Å². The molecule has 0 saturated carbocycles. The Morgan fingerprint density at radius 2 is 1.11 bits per heavy atom. The number of aromatic nitrogens is 4. The van der Waals surface area contributed by atoms with Gasteiger partial charge in [0, 0.05) is 113 Å². The van der Waals surface area contributed by atoms with E-state index in [9.17, 15) is 59.6 Å². The van der Waals surface area contributed by atoms with Crippen molar-refractivity contribution in [2.75, 3.05) is 132 Å². The molecule has 94 heavy (non-hydrogen) atoms. The van der Waals surface area contributed by atoms with E-state index < -0.39 is 32.6 Å². The number of esters is 1. The molecule has 4 aromatic rings. The normalized spacial score (nSPS) is 16.4. The molecular weight excluding hydrogens is 1340 g/mol. The molecule has 1 amide bonds. The third-order valence-electron chi connectivity index (χ3n) is 14.7. The number of aldehydes is 1. The van der Waals surface area contributed by atoms with Crippen LogP contribution in [0.5, 0.6) is 0 Å². The summed E-state index contributed by atoms with van der Waals surface area (Å²) in [5.74, 6) is -0.208. The number of pyridine rings is 4. The monoisotopic (exact) mass is 1430 g/mol. The Morgan fingerprint density at radius 3 is 1.52 bits per heavy atom. The number of carbonyl (C=O) groups is 4. The van der Waals surface area contributed by atoms with Gasteiger partial charge in [-0.15, -0.1) is 0 Å². The van der Waals surface area contributed by atoms with Crippen molar-refractivity contribution in [2.24, 2.45) is 32.8 Å². The van der Waals surface area contributed by atoms with Crippen LogP contribution in [-0.4, -0.2) is 223 Å². The Bertz CT molecular complexity index is 2960. The Hall–Kier alpha value is -4.90. The van der Waals surface area contributed by atoms with Gasteiger partial charge in [0.25, 0.3) is 0 Å². The first-order valence-electron chi connectivity index (χ1n) is 28.7. The number of aryl methyl sites for hydroxylation is 2. The number of rotatable bonds is 21. The molecular formula is C60H94BrKMgN12O19. The predicted molar refractivity (Wildman–Crippen MR) is 342 cm³/mol. The van der Waals surface area contributed by atoms with Crippen LogP contribution in [0.4, 0.5) is 5.82 Å². The zero-order valence-electron chi connectivity index (χ0n) is 55.5. The predicted octanol–water partition coefficient (Wildman–Crippen LogP) is -1.34. The minimum atomic E-state index is -0.629. The molecule has 0 radical (unpaired) electrons. The number of nitro groups is 4. The topological polar surface area (TPSA) is 458 Å². The fourth-order valence-electron chi connectivity index (χ4n) is 9.98. The summed E-state index contributed by atoms with van der Waals surface area (Å²) >= 11 is 0. The van der Waals surface area contributed by atoms with Gasteiger partial charge in [0.05, 0.1) is 106 Å². The van der Waals surface area contributed by atoms with Crippen molar-refractivity contribution < 1.29 is 142 Å². The van der Waals surface area contributed by atoms with Crippen LogP contribution in [0, 0.1) is 75.0 Å². The summed E-state index contributed by atoms with van der Waals surface area (Å²) < 4.78 is 29.9. The van der Waals surface area contributed by atoms with Crippen molar-refractivity contribution in [2.45, 2.75) is 86.0 Å². The van der Waals surface area contributed by atoms with E-state index in [1.165, 1.54) is 48.0 Å². The zero-order chi connectivity index (χ0) is 65.0. The minimum absolute atomic E-state index is 0. The van der Waals surface area contributed by atoms with Gasteiger partial charge in [-0.25, -0.2) is 15.0 Å². The van der Waals surface area contributed by atoms with Crippen LogP contribution in [0.2, 0.25) is 0 Å². The number of carbonyl (C=O) groups excluding carboxylic acids is 4. The molecule has 0 aromatic carbocycles. The first-order chi connectivity index (χ1) is 41.8. The Balaban J connectivity index is -0.000000517. The maximum absolute atomic E-state index is 11.4. The van der Waals surface area contributed by atoms with Crippen LogP contribution in [0.25, 0.3) is 11.0 Å². The average molecular weight is 1430 g/mol. The molecule has 518 valence electrons. The Kier molecular flexibility index (Phi) is 46.0. The SMILES string of the molecule is C.CC(=O)CC1(C[N+](=O)[O-])COC1.CCO.CCOC(=O)CC1(C[N+](=O)[O-])COC1.CN(C)C(=O)CC1(C[N+](=O)[O-])COC1.N.NCC1(Cc2ccc3c(n2)CCCC3)COC1.Nc1ncccc1C=O.O=[N+]([O-])CC1(Cc2ccc3cccnc3n2)COC1.[Br-].[CH3-].[H-].[K+].[Mg+2]. The summed E-state index contributed by atoms with van der Waals surface area (Å²) in [5, 5.41) is 50.2. The van der Waals surface area contributed by atoms with Gasteiger partial charge < -0.3 is 86.7 Å². The van der Waals surface area contributed by atoms with Crippen molar-refractivity contribution in [1.82, 2.24) is 31.0 Å². The maximum atomic E-state index is 11.4. The number of nitrogens with two attached hydrogens (primary N) is 2. The van der Waals surface area contributed by atoms with Gasteiger partial charge in [-0.2, -0.15) is 0 Å². The van der Waals surface area contributed by atoms with Gasteiger partial charge in [0.2, 0.25) is 32.1 Å². The van der Waals surface area contributed by atoms with Crippen LogP contribution in [0.15, 0.2) is 60.9 Å². The summed E-state index contributed by atoms with van der Waals surface area (Å²) in [6, 6.07) is 15.4. The van der Waals surface area contributed by atoms with Crippen molar-refractivity contribution >= 4 is 63.8 Å². The van der Waals surface area contributed by atoms with E-state index in [1.54, 1.807) is 52.5 Å². The third-order valence-corrected chi connectivity index (χ3v) is 14.7. The van der Waals surface area contributed by atoms with Gasteiger partial charge in [-0.1, -0.05) is 13.5 Å². The number of amides is 1. The van der Waals surface area contributed by atoms with E-state index in [0.29, 0.717) is 76.7 Å². The molecule has 5 aliphatic heterocycles. The number of fused-ring (bicyclic) bond motifs is 2. The smallest absolute Gasteiger partial charge is 1.00 e. The summed E-state index contributed by atoms with van der Waals surface area (Å²) in [6.07, 6.45) is 10.9. The van der Waals surface area contributed by atoms with Crippen LogP contribution in [-0.2, 0) is 68.5 Å². The average Bonchev–Trinajstić information content (AvgIpc) is 0.828. The van der Waals surface area contributed by atoms with Crippen LogP contribution in [0.3, 0.4) is 0 Å². The maximum Gasteiger partial charge on any atom is 2.00 e. The second-order valence-electron chi connectivity index (χ2n) is 23.2. The molecule has 8 N–H and O–H groups in total. The number of Topliss-reactive ketones (excluding diaryl/α,β-unsaturated/α-hetero) is 1. The van der Waals surface area contributed by atoms with Gasteiger partial charge in [0.15, 0.2) is 11.9 Å². The van der Waals surface area contributed by atoms with Crippen molar-refractivity contribution in [1.29, 1.82) is 0 Å². The third kappa shape index (κ3) is 31.5. The molecule has 0 spiro atoms. The van der Waals surface area contributed by atoms with Crippen molar-refractivity contribution in [3.63, 3.8) is 0 Å². The first-order valence-corrected chi connectivity index (χ1v) is 28.7. The molecule has 4 aromatic heterocycles. The van der Waals surface area contributed by atoms with E-state index in [4.69, 9.17) is 50.0 Å². The quantitative estimate of drug-likeness (QED) is 0.0187. The van der Waals surface area contributed by atoms with Gasteiger partial charge in [-0.05, 0) is 94.5 Å². The molecule has 1 aliphatic carbocycles. The number of nitrogens with zero attached hydrogens (tertiary/aromatic N) is 9. The molecule has 0 atom stereocenters. The number of aliphatic hydroxyl groups excluding tert-OH is 1. The summed E-state index contributed by atoms with van der Waals surface area (Å²) in [7, 11) is 3.28. The Labute approximate surface area is 619 Å². The molecule has 9 heterocycles.